The fourth-order valence-corrected chi connectivity index (χ4v) is 2.55. The van der Waals surface area contributed by atoms with Crippen LogP contribution in [0.4, 0.5) is 0 Å². The second-order valence-electron chi connectivity index (χ2n) is 6.66. The van der Waals surface area contributed by atoms with Crippen molar-refractivity contribution in [2.24, 2.45) is 0 Å². The summed E-state index contributed by atoms with van der Waals surface area (Å²) in [5.41, 5.74) is 0. The molecule has 0 spiro atoms. The fourth-order valence-electron chi connectivity index (χ4n) is 2.55. The first-order chi connectivity index (χ1) is 12.1. The first kappa shape index (κ1) is 23.9. The highest BCUT2D eigenvalue weighted by molar-refractivity contribution is 5.70. The van der Waals surface area contributed by atoms with Crippen molar-refractivity contribution in [1.82, 2.24) is 0 Å². The van der Waals surface area contributed by atoms with Crippen LogP contribution in [0.25, 0.3) is 0 Å². The van der Waals surface area contributed by atoms with Gasteiger partial charge in [-0.15, -0.1) is 0 Å². The highest BCUT2D eigenvalue weighted by Gasteiger charge is 2.15. The van der Waals surface area contributed by atoms with Crippen LogP contribution in [0.3, 0.4) is 0 Å². The van der Waals surface area contributed by atoms with Gasteiger partial charge in [-0.25, -0.2) is 0 Å². The Hall–Kier alpha value is -1.10. The minimum Gasteiger partial charge on any atom is -0.462 e. The van der Waals surface area contributed by atoms with Gasteiger partial charge in [0.2, 0.25) is 0 Å². The normalized spacial score (nSPS) is 12.0. The summed E-state index contributed by atoms with van der Waals surface area (Å²) in [7, 11) is 0. The number of esters is 2. The molecule has 5 heteroatoms. The first-order valence-corrected chi connectivity index (χ1v) is 10.1. The lowest BCUT2D eigenvalue weighted by Gasteiger charge is -2.15. The Labute approximate surface area is 153 Å². The van der Waals surface area contributed by atoms with Crippen LogP contribution in [0.2, 0.25) is 0 Å². The molecule has 1 N–H and O–H groups in total. The standard InChI is InChI=1S/C20H38O5/c1-3-5-7-9-10-11-13-15-20(23)25-18(16-21)17-24-19(22)14-12-8-6-4-2/h18,21H,3-17H2,1-2H3. The number of unbranched alkanes of at least 4 members (excludes halogenated alkanes) is 9. The second-order valence-corrected chi connectivity index (χ2v) is 6.66. The van der Waals surface area contributed by atoms with Crippen LogP contribution in [-0.2, 0) is 19.1 Å². The third-order valence-electron chi connectivity index (χ3n) is 4.15. The van der Waals surface area contributed by atoms with E-state index in [1.165, 1.54) is 25.7 Å². The maximum atomic E-state index is 11.8. The van der Waals surface area contributed by atoms with Crippen molar-refractivity contribution in [3.05, 3.63) is 0 Å². The van der Waals surface area contributed by atoms with Crippen LogP contribution in [0, 0.1) is 0 Å². The number of aliphatic hydroxyl groups excluding tert-OH is 1. The lowest BCUT2D eigenvalue weighted by molar-refractivity contribution is -0.161. The molecular formula is C20H38O5. The van der Waals surface area contributed by atoms with Gasteiger partial charge in [-0.05, 0) is 12.8 Å². The van der Waals surface area contributed by atoms with Crippen LogP contribution in [0.5, 0.6) is 0 Å². The van der Waals surface area contributed by atoms with Crippen LogP contribution in [0.1, 0.15) is 97.3 Å². The van der Waals surface area contributed by atoms with E-state index in [0.717, 1.165) is 44.9 Å². The van der Waals surface area contributed by atoms with E-state index in [9.17, 15) is 14.7 Å². The van der Waals surface area contributed by atoms with Gasteiger partial charge in [0.25, 0.3) is 0 Å². The van der Waals surface area contributed by atoms with Gasteiger partial charge in [-0.2, -0.15) is 0 Å². The molecule has 25 heavy (non-hydrogen) atoms. The fraction of sp³-hybridized carbons (Fsp3) is 0.900. The molecule has 0 aromatic carbocycles. The van der Waals surface area contributed by atoms with Crippen molar-refractivity contribution < 1.29 is 24.2 Å². The average molecular weight is 359 g/mol. The van der Waals surface area contributed by atoms with E-state index >= 15 is 0 Å². The summed E-state index contributed by atoms with van der Waals surface area (Å²) in [6.45, 7) is 3.92. The molecule has 0 radical (unpaired) electrons. The van der Waals surface area contributed by atoms with E-state index in [1.807, 2.05) is 0 Å². The van der Waals surface area contributed by atoms with E-state index in [4.69, 9.17) is 9.47 Å². The van der Waals surface area contributed by atoms with Gasteiger partial charge in [-0.3, -0.25) is 9.59 Å². The minimum atomic E-state index is -0.753. The number of rotatable bonds is 17. The number of hydrogen-bond donors (Lipinski definition) is 1. The van der Waals surface area contributed by atoms with E-state index < -0.39 is 6.10 Å². The molecule has 0 saturated carbocycles. The summed E-state index contributed by atoms with van der Waals surface area (Å²) in [5, 5.41) is 9.26. The Kier molecular flexibility index (Phi) is 16.9. The highest BCUT2D eigenvalue weighted by Crippen LogP contribution is 2.10. The maximum Gasteiger partial charge on any atom is 0.306 e. The molecule has 1 atom stereocenters. The second kappa shape index (κ2) is 17.7. The van der Waals surface area contributed by atoms with Gasteiger partial charge in [-0.1, -0.05) is 71.6 Å². The molecule has 0 aromatic heterocycles. The quantitative estimate of drug-likeness (QED) is 0.305. The summed E-state index contributed by atoms with van der Waals surface area (Å²) in [5.74, 6) is -0.621. The molecule has 0 heterocycles. The summed E-state index contributed by atoms with van der Waals surface area (Å²) < 4.78 is 10.3. The molecule has 1 unspecified atom stereocenters. The molecule has 0 amide bonds. The number of aliphatic hydroxyl groups is 1. The molecule has 5 nitrogen and oxygen atoms in total. The number of carbonyl (C=O) groups is 2. The minimum absolute atomic E-state index is 0.0636. The van der Waals surface area contributed by atoms with Crippen molar-refractivity contribution in [2.45, 2.75) is 103 Å². The van der Waals surface area contributed by atoms with Crippen molar-refractivity contribution in [3.8, 4) is 0 Å². The highest BCUT2D eigenvalue weighted by atomic mass is 16.6. The summed E-state index contributed by atoms with van der Waals surface area (Å²) in [6, 6.07) is 0. The Morgan fingerprint density at radius 1 is 0.760 bits per heavy atom. The van der Waals surface area contributed by atoms with Crippen LogP contribution >= 0.6 is 0 Å². The van der Waals surface area contributed by atoms with E-state index in [0.29, 0.717) is 12.8 Å². The van der Waals surface area contributed by atoms with Gasteiger partial charge in [0.05, 0.1) is 6.61 Å². The summed E-state index contributed by atoms with van der Waals surface area (Å²) in [4.78, 5) is 23.3. The topological polar surface area (TPSA) is 72.8 Å². The third-order valence-corrected chi connectivity index (χ3v) is 4.15. The molecular weight excluding hydrogens is 320 g/mol. The van der Waals surface area contributed by atoms with Gasteiger partial charge < -0.3 is 14.6 Å². The SMILES string of the molecule is CCCCCCCCCC(=O)OC(CO)COC(=O)CCCCCC. The molecule has 0 aromatic rings. The van der Waals surface area contributed by atoms with E-state index in [2.05, 4.69) is 13.8 Å². The maximum absolute atomic E-state index is 11.8. The molecule has 0 aliphatic rings. The van der Waals surface area contributed by atoms with Crippen LogP contribution in [0.15, 0.2) is 0 Å². The first-order valence-electron chi connectivity index (χ1n) is 10.1. The van der Waals surface area contributed by atoms with Gasteiger partial charge in [0, 0.05) is 12.8 Å². The molecule has 148 valence electrons. The Morgan fingerprint density at radius 2 is 1.24 bits per heavy atom. The molecule has 0 aliphatic carbocycles. The van der Waals surface area contributed by atoms with Crippen molar-refractivity contribution in [3.63, 3.8) is 0 Å². The zero-order valence-corrected chi connectivity index (χ0v) is 16.3. The van der Waals surface area contributed by atoms with E-state index in [-0.39, 0.29) is 25.2 Å². The number of ether oxygens (including phenoxy) is 2. The Balaban J connectivity index is 3.70. The van der Waals surface area contributed by atoms with Gasteiger partial charge in [0.1, 0.15) is 6.61 Å². The lowest BCUT2D eigenvalue weighted by atomic mass is 10.1. The molecule has 0 aliphatic heterocycles. The van der Waals surface area contributed by atoms with Gasteiger partial charge >= 0.3 is 11.9 Å². The van der Waals surface area contributed by atoms with Crippen LogP contribution < -0.4 is 0 Å². The number of carbonyl (C=O) groups excluding carboxylic acids is 2. The molecule has 0 saturated heterocycles. The zero-order chi connectivity index (χ0) is 18.8. The Bertz CT molecular complexity index is 330. The lowest BCUT2D eigenvalue weighted by Crippen LogP contribution is -2.28. The van der Waals surface area contributed by atoms with Crippen LogP contribution in [-0.4, -0.2) is 36.4 Å². The molecule has 0 bridgehead atoms. The largest absolute Gasteiger partial charge is 0.462 e. The van der Waals surface area contributed by atoms with Gasteiger partial charge in [0.15, 0.2) is 6.10 Å². The predicted molar refractivity (Wildman–Crippen MR) is 99.3 cm³/mol. The van der Waals surface area contributed by atoms with E-state index in [1.54, 1.807) is 0 Å². The monoisotopic (exact) mass is 358 g/mol. The van der Waals surface area contributed by atoms with Crippen molar-refractivity contribution >= 4 is 11.9 Å². The number of hydrogen-bond acceptors (Lipinski definition) is 5. The zero-order valence-electron chi connectivity index (χ0n) is 16.3. The third kappa shape index (κ3) is 16.1. The Morgan fingerprint density at radius 3 is 1.80 bits per heavy atom. The van der Waals surface area contributed by atoms with Crippen molar-refractivity contribution in [2.75, 3.05) is 13.2 Å². The molecule has 0 fully saturated rings. The predicted octanol–water partition coefficient (Wildman–Crippen LogP) is 4.54. The molecule has 0 rings (SSSR count). The smallest absolute Gasteiger partial charge is 0.306 e. The summed E-state index contributed by atoms with van der Waals surface area (Å²) in [6.07, 6.45) is 12.0. The van der Waals surface area contributed by atoms with Crippen molar-refractivity contribution in [1.29, 1.82) is 0 Å². The summed E-state index contributed by atoms with van der Waals surface area (Å²) >= 11 is 0. The average Bonchev–Trinajstić information content (AvgIpc) is 2.61.